The summed E-state index contributed by atoms with van der Waals surface area (Å²) in [6, 6.07) is 7.89. The number of hydrazone groups is 1. The van der Waals surface area contributed by atoms with Crippen molar-refractivity contribution in [3.05, 3.63) is 29.8 Å². The Bertz CT molecular complexity index is 473. The lowest BCUT2D eigenvalue weighted by molar-refractivity contribution is 0.401. The van der Waals surface area contributed by atoms with Crippen molar-refractivity contribution in [3.63, 3.8) is 0 Å². The summed E-state index contributed by atoms with van der Waals surface area (Å²) >= 11 is 0. The first kappa shape index (κ1) is 8.62. The van der Waals surface area contributed by atoms with Gasteiger partial charge in [0.25, 0.3) is 0 Å². The molecule has 0 aliphatic heterocycles. The molecule has 1 heterocycles. The predicted molar refractivity (Wildman–Crippen MR) is 56.6 cm³/mol. The van der Waals surface area contributed by atoms with E-state index in [0.29, 0.717) is 5.88 Å². The molecule has 0 unspecified atom stereocenters. The second-order valence-corrected chi connectivity index (χ2v) is 2.90. The van der Waals surface area contributed by atoms with Crippen LogP contribution >= 0.6 is 0 Å². The molecule has 0 atom stereocenters. The molecule has 0 aliphatic rings. The van der Waals surface area contributed by atoms with E-state index in [1.54, 1.807) is 13.3 Å². The van der Waals surface area contributed by atoms with Crippen molar-refractivity contribution in [2.45, 2.75) is 0 Å². The number of H-pyrrole nitrogens is 1. The smallest absolute Gasteiger partial charge is 0.200 e. The Morgan fingerprint density at radius 3 is 2.93 bits per heavy atom. The minimum absolute atomic E-state index is 0.681. The van der Waals surface area contributed by atoms with Gasteiger partial charge < -0.3 is 15.6 Å². The summed E-state index contributed by atoms with van der Waals surface area (Å²) in [5.74, 6) is 5.82. The number of methoxy groups -OCH3 is 1. The molecule has 3 N–H and O–H groups in total. The van der Waals surface area contributed by atoms with Gasteiger partial charge in [-0.1, -0.05) is 18.2 Å². The second kappa shape index (κ2) is 3.41. The molecule has 0 saturated heterocycles. The molecule has 4 heteroatoms. The largest absolute Gasteiger partial charge is 0.482 e. The van der Waals surface area contributed by atoms with Gasteiger partial charge in [-0.3, -0.25) is 0 Å². The Labute approximate surface area is 81.4 Å². The lowest BCUT2D eigenvalue weighted by Crippen LogP contribution is -1.90. The lowest BCUT2D eigenvalue weighted by Gasteiger charge is -1.95. The van der Waals surface area contributed by atoms with Crippen molar-refractivity contribution in [1.29, 1.82) is 0 Å². The maximum Gasteiger partial charge on any atom is 0.200 e. The molecule has 72 valence electrons. The number of aromatic amines is 1. The average Bonchev–Trinajstić information content (AvgIpc) is 2.58. The third-order valence-electron chi connectivity index (χ3n) is 2.12. The van der Waals surface area contributed by atoms with E-state index < -0.39 is 0 Å². The van der Waals surface area contributed by atoms with Crippen LogP contribution in [-0.2, 0) is 0 Å². The summed E-state index contributed by atoms with van der Waals surface area (Å²) < 4.78 is 5.18. The molecule has 0 radical (unpaired) electrons. The molecule has 0 spiro atoms. The molecule has 0 amide bonds. The summed E-state index contributed by atoms with van der Waals surface area (Å²) in [6.45, 7) is 0. The first-order chi connectivity index (χ1) is 6.86. The van der Waals surface area contributed by atoms with Crippen LogP contribution in [0.25, 0.3) is 10.9 Å². The monoisotopic (exact) mass is 189 g/mol. The molecular formula is C10H11N3O. The van der Waals surface area contributed by atoms with E-state index in [0.717, 1.165) is 16.5 Å². The number of aromatic nitrogens is 1. The molecule has 1 aromatic carbocycles. The molecule has 2 rings (SSSR count). The van der Waals surface area contributed by atoms with Crippen LogP contribution < -0.4 is 10.6 Å². The highest BCUT2D eigenvalue weighted by Gasteiger charge is 2.08. The Kier molecular flexibility index (Phi) is 2.10. The molecule has 4 nitrogen and oxygen atoms in total. The van der Waals surface area contributed by atoms with Gasteiger partial charge in [-0.25, -0.2) is 0 Å². The number of nitrogens with zero attached hydrogens (tertiary/aromatic N) is 1. The number of fused-ring (bicyclic) bond motifs is 1. The highest BCUT2D eigenvalue weighted by molar-refractivity contribution is 6.01. The van der Waals surface area contributed by atoms with Gasteiger partial charge in [-0.2, -0.15) is 5.10 Å². The van der Waals surface area contributed by atoms with Crippen molar-refractivity contribution < 1.29 is 4.74 Å². The summed E-state index contributed by atoms with van der Waals surface area (Å²) in [5, 5.41) is 4.57. The molecule has 1 aromatic heterocycles. The molecule has 2 aromatic rings. The van der Waals surface area contributed by atoms with Crippen LogP contribution in [0.5, 0.6) is 5.88 Å². The molecule has 0 aliphatic carbocycles. The van der Waals surface area contributed by atoms with Gasteiger partial charge in [0.1, 0.15) is 0 Å². The number of rotatable bonds is 2. The van der Waals surface area contributed by atoms with Gasteiger partial charge in [0.2, 0.25) is 5.88 Å². The van der Waals surface area contributed by atoms with E-state index in [9.17, 15) is 0 Å². The Balaban J connectivity index is 2.74. The zero-order valence-electron chi connectivity index (χ0n) is 7.82. The van der Waals surface area contributed by atoms with E-state index in [1.165, 1.54) is 0 Å². The van der Waals surface area contributed by atoms with Crippen LogP contribution in [0.2, 0.25) is 0 Å². The summed E-state index contributed by atoms with van der Waals surface area (Å²) in [7, 11) is 1.61. The van der Waals surface area contributed by atoms with Crippen LogP contribution in [0.3, 0.4) is 0 Å². The second-order valence-electron chi connectivity index (χ2n) is 2.90. The highest BCUT2D eigenvalue weighted by atomic mass is 16.5. The van der Waals surface area contributed by atoms with Gasteiger partial charge in [0, 0.05) is 10.9 Å². The SMILES string of the molecule is COc1[nH]c2ccccc2c1C=NN. The fourth-order valence-corrected chi connectivity index (χ4v) is 1.50. The fourth-order valence-electron chi connectivity index (χ4n) is 1.50. The van der Waals surface area contributed by atoms with Crippen molar-refractivity contribution >= 4 is 17.1 Å². The van der Waals surface area contributed by atoms with Crippen molar-refractivity contribution in [2.24, 2.45) is 10.9 Å². The van der Waals surface area contributed by atoms with Gasteiger partial charge in [0.05, 0.1) is 18.9 Å². The van der Waals surface area contributed by atoms with Crippen LogP contribution in [0.1, 0.15) is 5.56 Å². The number of ether oxygens (including phenoxy) is 1. The maximum atomic E-state index is 5.18. The van der Waals surface area contributed by atoms with E-state index in [4.69, 9.17) is 10.6 Å². The van der Waals surface area contributed by atoms with Crippen molar-refractivity contribution in [3.8, 4) is 5.88 Å². The van der Waals surface area contributed by atoms with E-state index >= 15 is 0 Å². The first-order valence-electron chi connectivity index (χ1n) is 4.24. The van der Waals surface area contributed by atoms with Crippen LogP contribution in [0, 0.1) is 0 Å². The van der Waals surface area contributed by atoms with Gasteiger partial charge >= 0.3 is 0 Å². The highest BCUT2D eigenvalue weighted by Crippen LogP contribution is 2.25. The Morgan fingerprint density at radius 1 is 1.43 bits per heavy atom. The molecular weight excluding hydrogens is 178 g/mol. The van der Waals surface area contributed by atoms with E-state index in [1.807, 2.05) is 24.3 Å². The number of nitrogens with one attached hydrogen (secondary N) is 1. The summed E-state index contributed by atoms with van der Waals surface area (Å²) in [4.78, 5) is 3.13. The maximum absolute atomic E-state index is 5.18. The summed E-state index contributed by atoms with van der Waals surface area (Å²) in [5.41, 5.74) is 1.89. The number of nitrogens with two attached hydrogens (primary N) is 1. The standard InChI is InChI=1S/C10H11N3O/c1-14-10-8(6-12-11)7-4-2-3-5-9(7)13-10/h2-6,13H,11H2,1H3. The number of para-hydroxylation sites is 1. The minimum Gasteiger partial charge on any atom is -0.482 e. The topological polar surface area (TPSA) is 63.4 Å². The normalized spacial score (nSPS) is 11.2. The summed E-state index contributed by atoms with van der Waals surface area (Å²) in [6.07, 6.45) is 1.58. The van der Waals surface area contributed by atoms with Gasteiger partial charge in [0.15, 0.2) is 0 Å². The predicted octanol–water partition coefficient (Wildman–Crippen LogP) is 1.47. The fraction of sp³-hybridized carbons (Fsp3) is 0.100. The van der Waals surface area contributed by atoms with E-state index in [-0.39, 0.29) is 0 Å². The number of benzene rings is 1. The lowest BCUT2D eigenvalue weighted by atomic mass is 10.2. The van der Waals surface area contributed by atoms with Crippen molar-refractivity contribution in [1.82, 2.24) is 4.98 Å². The Hall–Kier alpha value is -1.97. The minimum atomic E-state index is 0.681. The first-order valence-corrected chi connectivity index (χ1v) is 4.24. The number of hydrogen-bond acceptors (Lipinski definition) is 3. The van der Waals surface area contributed by atoms with Crippen molar-refractivity contribution in [2.75, 3.05) is 7.11 Å². The van der Waals surface area contributed by atoms with Crippen LogP contribution in [0.15, 0.2) is 29.4 Å². The number of hydrogen-bond donors (Lipinski definition) is 2. The molecule has 0 bridgehead atoms. The van der Waals surface area contributed by atoms with Crippen LogP contribution in [0.4, 0.5) is 0 Å². The van der Waals surface area contributed by atoms with Gasteiger partial charge in [-0.05, 0) is 6.07 Å². The molecule has 14 heavy (non-hydrogen) atoms. The van der Waals surface area contributed by atoms with Crippen LogP contribution in [-0.4, -0.2) is 18.3 Å². The third-order valence-corrected chi connectivity index (χ3v) is 2.12. The van der Waals surface area contributed by atoms with E-state index in [2.05, 4.69) is 10.1 Å². The zero-order chi connectivity index (χ0) is 9.97. The quantitative estimate of drug-likeness (QED) is 0.427. The molecule has 0 fully saturated rings. The third kappa shape index (κ3) is 1.21. The molecule has 0 saturated carbocycles. The Morgan fingerprint density at radius 2 is 2.21 bits per heavy atom. The average molecular weight is 189 g/mol. The van der Waals surface area contributed by atoms with Gasteiger partial charge in [-0.15, -0.1) is 0 Å². The zero-order valence-corrected chi connectivity index (χ0v) is 7.82.